The maximum absolute atomic E-state index is 13.6. The summed E-state index contributed by atoms with van der Waals surface area (Å²) < 4.78 is 63.2. The molecule has 0 saturated heterocycles. The van der Waals surface area contributed by atoms with Crippen LogP contribution >= 0.6 is 11.8 Å². The topological polar surface area (TPSA) is 20.2 Å². The number of alkyl halides is 3. The molecule has 1 unspecified atom stereocenters. The molecular weight excluding hydrogens is 311 g/mol. The molecule has 0 fully saturated rings. The zero-order valence-corrected chi connectivity index (χ0v) is 11.2. The van der Waals surface area contributed by atoms with Gasteiger partial charge in [0, 0.05) is 10.5 Å². The molecule has 21 heavy (non-hydrogen) atoms. The Bertz CT molecular complexity index is 624. The molecule has 112 valence electrons. The van der Waals surface area contributed by atoms with Crippen molar-refractivity contribution in [3.63, 3.8) is 0 Å². The number of thioether (sulfide) groups is 1. The van der Waals surface area contributed by atoms with Gasteiger partial charge in [0.1, 0.15) is 6.10 Å². The third-order valence-corrected chi connectivity index (χ3v) is 3.44. The number of hydrogen-bond acceptors (Lipinski definition) is 2. The van der Waals surface area contributed by atoms with Crippen molar-refractivity contribution in [3.05, 3.63) is 65.2 Å². The summed E-state index contributed by atoms with van der Waals surface area (Å²) in [6, 6.07) is 8.16. The van der Waals surface area contributed by atoms with E-state index in [9.17, 15) is 27.1 Å². The van der Waals surface area contributed by atoms with E-state index in [1.165, 1.54) is 24.3 Å². The molecule has 7 heteroatoms. The van der Waals surface area contributed by atoms with Crippen molar-refractivity contribution >= 4 is 11.8 Å². The van der Waals surface area contributed by atoms with Gasteiger partial charge in [0.05, 0.1) is 0 Å². The maximum Gasteiger partial charge on any atom is 0.446 e. The lowest BCUT2D eigenvalue weighted by Crippen LogP contribution is -2.04. The SMILES string of the molecule is OC(c1ccc(SC(F)(F)F)cc1)c1cccc(F)c1F. The smallest absolute Gasteiger partial charge is 0.384 e. The molecule has 2 aromatic rings. The van der Waals surface area contributed by atoms with Gasteiger partial charge in [-0.25, -0.2) is 8.78 Å². The van der Waals surface area contributed by atoms with Crippen molar-refractivity contribution in [3.8, 4) is 0 Å². The summed E-state index contributed by atoms with van der Waals surface area (Å²) in [5, 5.41) is 9.98. The Morgan fingerprint density at radius 3 is 2.14 bits per heavy atom. The molecule has 0 aliphatic rings. The average molecular weight is 320 g/mol. The standard InChI is InChI=1S/C14H9F5OS/c15-11-3-1-2-10(12(11)16)13(20)8-4-6-9(7-5-8)21-14(17,18)19/h1-7,13,20H. The first-order chi connectivity index (χ1) is 9.78. The molecule has 1 N–H and O–H groups in total. The van der Waals surface area contributed by atoms with Gasteiger partial charge in [-0.1, -0.05) is 24.3 Å². The van der Waals surface area contributed by atoms with Crippen molar-refractivity contribution in [2.75, 3.05) is 0 Å². The van der Waals surface area contributed by atoms with Crippen LogP contribution in [0.1, 0.15) is 17.2 Å². The lowest BCUT2D eigenvalue weighted by molar-refractivity contribution is -0.0328. The first kappa shape index (κ1) is 15.8. The molecule has 0 saturated carbocycles. The molecule has 0 amide bonds. The van der Waals surface area contributed by atoms with Crippen LogP contribution in [0, 0.1) is 11.6 Å². The zero-order chi connectivity index (χ0) is 15.6. The number of benzene rings is 2. The van der Waals surface area contributed by atoms with Crippen LogP contribution in [0.2, 0.25) is 0 Å². The van der Waals surface area contributed by atoms with Crippen LogP contribution in [0.3, 0.4) is 0 Å². The van der Waals surface area contributed by atoms with Crippen molar-refractivity contribution in [1.29, 1.82) is 0 Å². The summed E-state index contributed by atoms with van der Waals surface area (Å²) in [6.07, 6.45) is -1.45. The van der Waals surface area contributed by atoms with E-state index in [1.54, 1.807) is 0 Å². The predicted molar refractivity (Wildman–Crippen MR) is 68.8 cm³/mol. The second-order valence-corrected chi connectivity index (χ2v) is 5.30. The average Bonchev–Trinajstić information content (AvgIpc) is 2.40. The minimum atomic E-state index is -4.41. The van der Waals surface area contributed by atoms with E-state index in [-0.39, 0.29) is 27.8 Å². The summed E-state index contributed by atoms with van der Waals surface area (Å²) in [6.45, 7) is 0. The molecule has 1 nitrogen and oxygen atoms in total. The Balaban J connectivity index is 2.24. The van der Waals surface area contributed by atoms with E-state index in [4.69, 9.17) is 0 Å². The fraction of sp³-hybridized carbons (Fsp3) is 0.143. The van der Waals surface area contributed by atoms with Gasteiger partial charge >= 0.3 is 5.51 Å². The van der Waals surface area contributed by atoms with Gasteiger partial charge < -0.3 is 5.11 Å². The van der Waals surface area contributed by atoms with Crippen LogP contribution < -0.4 is 0 Å². The first-order valence-corrected chi connectivity index (χ1v) is 6.57. The van der Waals surface area contributed by atoms with Crippen LogP contribution in [0.5, 0.6) is 0 Å². The van der Waals surface area contributed by atoms with E-state index in [0.29, 0.717) is 0 Å². The second kappa shape index (κ2) is 6.03. The van der Waals surface area contributed by atoms with Gasteiger partial charge in [-0.3, -0.25) is 0 Å². The maximum atomic E-state index is 13.6. The lowest BCUT2D eigenvalue weighted by atomic mass is 10.0. The van der Waals surface area contributed by atoms with Gasteiger partial charge in [-0.15, -0.1) is 0 Å². The Kier molecular flexibility index (Phi) is 4.53. The third kappa shape index (κ3) is 3.95. The van der Waals surface area contributed by atoms with E-state index >= 15 is 0 Å². The Labute approximate surface area is 121 Å². The number of aliphatic hydroxyl groups excluding tert-OH is 1. The van der Waals surface area contributed by atoms with Crippen molar-refractivity contribution in [2.45, 2.75) is 16.5 Å². The first-order valence-electron chi connectivity index (χ1n) is 5.75. The van der Waals surface area contributed by atoms with Gasteiger partial charge in [0.15, 0.2) is 11.6 Å². The van der Waals surface area contributed by atoms with Crippen molar-refractivity contribution in [1.82, 2.24) is 0 Å². The highest BCUT2D eigenvalue weighted by Gasteiger charge is 2.29. The quantitative estimate of drug-likeness (QED) is 0.656. The molecule has 0 bridgehead atoms. The van der Waals surface area contributed by atoms with Crippen LogP contribution in [0.25, 0.3) is 0 Å². The highest BCUT2D eigenvalue weighted by Crippen LogP contribution is 2.37. The van der Waals surface area contributed by atoms with E-state index in [2.05, 4.69) is 0 Å². The zero-order valence-electron chi connectivity index (χ0n) is 10.4. The van der Waals surface area contributed by atoms with Gasteiger partial charge in [-0.2, -0.15) is 13.2 Å². The fourth-order valence-corrected chi connectivity index (χ4v) is 2.30. The minimum Gasteiger partial charge on any atom is -0.384 e. The molecule has 0 aromatic heterocycles. The van der Waals surface area contributed by atoms with Crippen molar-refractivity contribution < 1.29 is 27.1 Å². The molecular formula is C14H9F5OS. The normalized spacial score (nSPS) is 13.2. The molecule has 0 aliphatic heterocycles. The largest absolute Gasteiger partial charge is 0.446 e. The molecule has 0 aliphatic carbocycles. The summed E-state index contributed by atoms with van der Waals surface area (Å²) in [7, 11) is 0. The van der Waals surface area contributed by atoms with E-state index < -0.39 is 23.2 Å². The Morgan fingerprint density at radius 1 is 0.952 bits per heavy atom. The Hall–Kier alpha value is -1.60. The van der Waals surface area contributed by atoms with E-state index in [0.717, 1.165) is 18.2 Å². The van der Waals surface area contributed by atoms with Crippen LogP contribution in [0.4, 0.5) is 22.0 Å². The van der Waals surface area contributed by atoms with Gasteiger partial charge in [0.25, 0.3) is 0 Å². The summed E-state index contributed by atoms with van der Waals surface area (Å²) in [5.41, 5.74) is -4.51. The number of halogens is 5. The van der Waals surface area contributed by atoms with Gasteiger partial charge in [-0.05, 0) is 35.5 Å². The third-order valence-electron chi connectivity index (χ3n) is 2.71. The van der Waals surface area contributed by atoms with Crippen LogP contribution in [-0.4, -0.2) is 10.6 Å². The molecule has 0 spiro atoms. The fourth-order valence-electron chi connectivity index (χ4n) is 1.76. The van der Waals surface area contributed by atoms with Crippen LogP contribution in [0.15, 0.2) is 47.4 Å². The number of rotatable bonds is 3. The van der Waals surface area contributed by atoms with Crippen LogP contribution in [-0.2, 0) is 0 Å². The number of aliphatic hydroxyl groups is 1. The number of hydrogen-bond donors (Lipinski definition) is 1. The summed E-state index contributed by atoms with van der Waals surface area (Å²) >= 11 is -0.293. The molecule has 1 atom stereocenters. The van der Waals surface area contributed by atoms with E-state index in [1.807, 2.05) is 0 Å². The lowest BCUT2D eigenvalue weighted by Gasteiger charge is -2.13. The molecule has 2 rings (SSSR count). The Morgan fingerprint density at radius 2 is 1.57 bits per heavy atom. The predicted octanol–water partition coefficient (Wildman–Crippen LogP) is 4.66. The molecule has 0 radical (unpaired) electrons. The highest BCUT2D eigenvalue weighted by atomic mass is 32.2. The second-order valence-electron chi connectivity index (χ2n) is 4.16. The summed E-state index contributed by atoms with van der Waals surface area (Å²) in [5.74, 6) is -2.28. The summed E-state index contributed by atoms with van der Waals surface area (Å²) in [4.78, 5) is -0.0573. The van der Waals surface area contributed by atoms with Crippen molar-refractivity contribution in [2.24, 2.45) is 0 Å². The highest BCUT2D eigenvalue weighted by molar-refractivity contribution is 8.00. The minimum absolute atomic E-state index is 0.0573. The molecule has 0 heterocycles. The van der Waals surface area contributed by atoms with Gasteiger partial charge in [0.2, 0.25) is 0 Å². The monoisotopic (exact) mass is 320 g/mol. The molecule has 2 aromatic carbocycles.